The third-order valence-corrected chi connectivity index (χ3v) is 7.91. The average molecular weight is 462 g/mol. The van der Waals surface area contributed by atoms with Crippen molar-refractivity contribution in [1.29, 1.82) is 0 Å². The molecule has 3 heterocycles. The Balaban J connectivity index is 1.59. The second-order valence-electron chi connectivity index (χ2n) is 8.22. The van der Waals surface area contributed by atoms with Crippen LogP contribution in [0.4, 0.5) is 5.00 Å². The van der Waals surface area contributed by atoms with Crippen LogP contribution in [0.5, 0.6) is 0 Å². The lowest BCUT2D eigenvalue weighted by atomic mass is 10.0. The van der Waals surface area contributed by atoms with Gasteiger partial charge < -0.3 is 10.2 Å². The van der Waals surface area contributed by atoms with E-state index < -0.39 is 0 Å². The van der Waals surface area contributed by atoms with Gasteiger partial charge in [0.15, 0.2) is 0 Å². The lowest BCUT2D eigenvalue weighted by molar-refractivity contribution is -0.129. The van der Waals surface area contributed by atoms with Crippen LogP contribution >= 0.6 is 22.7 Å². The number of rotatable bonds is 3. The van der Waals surface area contributed by atoms with Gasteiger partial charge in [-0.3, -0.25) is 9.59 Å². The zero-order valence-corrected chi connectivity index (χ0v) is 19.8. The van der Waals surface area contributed by atoms with Gasteiger partial charge in [-0.05, 0) is 50.1 Å². The van der Waals surface area contributed by atoms with Crippen LogP contribution in [0.2, 0.25) is 0 Å². The smallest absolute Gasteiger partial charge is 0.256 e. The van der Waals surface area contributed by atoms with E-state index in [2.05, 4.69) is 17.4 Å². The third-order valence-electron chi connectivity index (χ3n) is 5.72. The summed E-state index contributed by atoms with van der Waals surface area (Å²) in [4.78, 5) is 33.0. The van der Waals surface area contributed by atoms with Crippen LogP contribution < -0.4 is 5.32 Å². The van der Waals surface area contributed by atoms with E-state index in [1.807, 2.05) is 49.1 Å². The highest BCUT2D eigenvalue weighted by atomic mass is 32.1. The zero-order valence-electron chi connectivity index (χ0n) is 18.2. The summed E-state index contributed by atoms with van der Waals surface area (Å²) in [5.74, 6) is -0.0485. The molecule has 0 atom stereocenters. The largest absolute Gasteiger partial charge is 0.337 e. The van der Waals surface area contributed by atoms with Crippen molar-refractivity contribution >= 4 is 49.7 Å². The first kappa shape index (κ1) is 20.8. The van der Waals surface area contributed by atoms with E-state index in [9.17, 15) is 9.59 Å². The molecule has 0 bridgehead atoms. The predicted molar refractivity (Wildman–Crippen MR) is 132 cm³/mol. The fourth-order valence-electron chi connectivity index (χ4n) is 4.25. The first-order valence-electron chi connectivity index (χ1n) is 10.5. The van der Waals surface area contributed by atoms with E-state index in [4.69, 9.17) is 4.98 Å². The van der Waals surface area contributed by atoms with Crippen molar-refractivity contribution in [2.45, 2.75) is 33.7 Å². The second kappa shape index (κ2) is 8.15. The zero-order chi connectivity index (χ0) is 22.4. The van der Waals surface area contributed by atoms with Crippen LogP contribution in [0.1, 0.15) is 38.8 Å². The van der Waals surface area contributed by atoms with Crippen LogP contribution in [-0.2, 0) is 17.8 Å². The Morgan fingerprint density at radius 1 is 1.06 bits per heavy atom. The predicted octanol–water partition coefficient (Wildman–Crippen LogP) is 5.80. The number of thiophene rings is 1. The van der Waals surface area contributed by atoms with E-state index in [0.717, 1.165) is 48.2 Å². The summed E-state index contributed by atoms with van der Waals surface area (Å²) in [5.41, 5.74) is 5.93. The molecule has 7 heteroatoms. The van der Waals surface area contributed by atoms with E-state index in [-0.39, 0.29) is 11.8 Å². The summed E-state index contributed by atoms with van der Waals surface area (Å²) >= 11 is 3.20. The summed E-state index contributed by atoms with van der Waals surface area (Å²) in [6.07, 6.45) is 0.760. The molecule has 32 heavy (non-hydrogen) atoms. The van der Waals surface area contributed by atoms with Crippen LogP contribution in [0.3, 0.4) is 0 Å². The van der Waals surface area contributed by atoms with Gasteiger partial charge in [0.1, 0.15) is 10.0 Å². The minimum atomic E-state index is -0.124. The van der Waals surface area contributed by atoms with Gasteiger partial charge >= 0.3 is 0 Å². The van der Waals surface area contributed by atoms with Crippen LogP contribution in [0.25, 0.3) is 20.8 Å². The summed E-state index contributed by atoms with van der Waals surface area (Å²) in [6.45, 7) is 6.86. The van der Waals surface area contributed by atoms with Gasteiger partial charge in [0, 0.05) is 29.5 Å². The first-order chi connectivity index (χ1) is 15.4. The Morgan fingerprint density at radius 3 is 2.53 bits per heavy atom. The number of fused-ring (bicyclic) bond motifs is 2. The first-order valence-corrected chi connectivity index (χ1v) is 12.2. The van der Waals surface area contributed by atoms with Gasteiger partial charge in [0.05, 0.1) is 16.8 Å². The molecule has 0 unspecified atom stereocenters. The van der Waals surface area contributed by atoms with Gasteiger partial charge in [0.2, 0.25) is 5.91 Å². The number of nitrogens with zero attached hydrogens (tertiary/aromatic N) is 2. The highest BCUT2D eigenvalue weighted by Gasteiger charge is 2.28. The molecule has 0 radical (unpaired) electrons. The quantitative estimate of drug-likeness (QED) is 0.419. The number of carbonyl (C=O) groups excluding carboxylic acids is 2. The molecule has 0 fully saturated rings. The molecule has 0 saturated carbocycles. The van der Waals surface area contributed by atoms with Crippen LogP contribution in [-0.4, -0.2) is 28.2 Å². The van der Waals surface area contributed by atoms with E-state index >= 15 is 0 Å². The van der Waals surface area contributed by atoms with Crippen molar-refractivity contribution in [3.05, 3.63) is 69.6 Å². The molecular weight excluding hydrogens is 438 g/mol. The van der Waals surface area contributed by atoms with Gasteiger partial charge in [-0.2, -0.15) is 0 Å². The standard InChI is InChI=1S/C25H23N3O2S2/c1-14-10-15(2)12-17(11-14)23(30)27-25-22(24-26-19-6-4-5-7-20(19)31-24)18-8-9-28(16(3)29)13-21(18)32-25/h4-7,10-12H,8-9,13H2,1-3H3,(H,27,30). The Morgan fingerprint density at radius 2 is 1.81 bits per heavy atom. The molecule has 1 aliphatic rings. The number of benzene rings is 2. The molecule has 4 aromatic rings. The molecule has 0 saturated heterocycles. The molecule has 1 aliphatic heterocycles. The summed E-state index contributed by atoms with van der Waals surface area (Å²) in [6, 6.07) is 14.0. The number of carbonyl (C=O) groups is 2. The van der Waals surface area contributed by atoms with Crippen molar-refractivity contribution in [2.24, 2.45) is 0 Å². The Bertz CT molecular complexity index is 1320. The number of hydrogen-bond donors (Lipinski definition) is 1. The molecular formula is C25H23N3O2S2. The highest BCUT2D eigenvalue weighted by Crippen LogP contribution is 2.45. The molecule has 5 nitrogen and oxygen atoms in total. The maximum absolute atomic E-state index is 13.2. The number of thiazole rings is 1. The fraction of sp³-hybridized carbons (Fsp3) is 0.240. The second-order valence-corrected chi connectivity index (χ2v) is 10.4. The Kier molecular flexibility index (Phi) is 5.31. The molecule has 2 aromatic heterocycles. The number of para-hydroxylation sites is 1. The van der Waals surface area contributed by atoms with Gasteiger partial charge in [0.25, 0.3) is 5.91 Å². The maximum Gasteiger partial charge on any atom is 0.256 e. The topological polar surface area (TPSA) is 62.3 Å². The normalized spacial score (nSPS) is 13.3. The Labute approximate surface area is 194 Å². The SMILES string of the molecule is CC(=O)N1CCc2c(sc(NC(=O)c3cc(C)cc(C)c3)c2-c2nc3ccccc3s2)C1. The van der Waals surface area contributed by atoms with Gasteiger partial charge in [-0.25, -0.2) is 4.98 Å². The lowest BCUT2D eigenvalue weighted by Crippen LogP contribution is -2.33. The fourth-order valence-corrected chi connectivity index (χ4v) is 6.62. The number of amides is 2. The molecule has 0 spiro atoms. The maximum atomic E-state index is 13.2. The number of hydrogen-bond acceptors (Lipinski definition) is 5. The minimum Gasteiger partial charge on any atom is -0.337 e. The molecule has 1 N–H and O–H groups in total. The summed E-state index contributed by atoms with van der Waals surface area (Å²) in [7, 11) is 0. The van der Waals surface area contributed by atoms with E-state index in [0.29, 0.717) is 18.7 Å². The van der Waals surface area contributed by atoms with Crippen LogP contribution in [0, 0.1) is 13.8 Å². The van der Waals surface area contributed by atoms with Crippen molar-refractivity contribution in [3.8, 4) is 10.6 Å². The van der Waals surface area contributed by atoms with Crippen molar-refractivity contribution in [1.82, 2.24) is 9.88 Å². The number of aromatic nitrogens is 1. The third kappa shape index (κ3) is 3.82. The number of nitrogens with one attached hydrogen (secondary N) is 1. The van der Waals surface area contributed by atoms with Crippen molar-refractivity contribution in [3.63, 3.8) is 0 Å². The minimum absolute atomic E-state index is 0.0754. The lowest BCUT2D eigenvalue weighted by Gasteiger charge is -2.26. The van der Waals surface area contributed by atoms with Crippen molar-refractivity contribution < 1.29 is 9.59 Å². The van der Waals surface area contributed by atoms with Gasteiger partial charge in [-0.1, -0.05) is 29.3 Å². The van der Waals surface area contributed by atoms with Crippen LogP contribution in [0.15, 0.2) is 42.5 Å². The van der Waals surface area contributed by atoms with Gasteiger partial charge in [-0.15, -0.1) is 22.7 Å². The molecule has 162 valence electrons. The monoisotopic (exact) mass is 461 g/mol. The molecule has 0 aliphatic carbocycles. The summed E-state index contributed by atoms with van der Waals surface area (Å²) in [5, 5.41) is 4.89. The van der Waals surface area contributed by atoms with E-state index in [1.165, 1.54) is 5.56 Å². The highest BCUT2D eigenvalue weighted by molar-refractivity contribution is 7.23. The van der Waals surface area contributed by atoms with E-state index in [1.54, 1.807) is 29.6 Å². The number of anilines is 1. The molecule has 5 rings (SSSR count). The number of aryl methyl sites for hydroxylation is 2. The molecule has 2 aromatic carbocycles. The Hall–Kier alpha value is -3.03. The van der Waals surface area contributed by atoms with Crippen molar-refractivity contribution in [2.75, 3.05) is 11.9 Å². The summed E-state index contributed by atoms with van der Waals surface area (Å²) < 4.78 is 1.12. The average Bonchev–Trinajstić information content (AvgIpc) is 3.32. The molecule has 2 amide bonds.